The van der Waals surface area contributed by atoms with Gasteiger partial charge in [-0.25, -0.2) is 9.59 Å². The molecule has 8 nitrogen and oxygen atoms in total. The number of esters is 2. The summed E-state index contributed by atoms with van der Waals surface area (Å²) < 4.78 is 22.3. The Balaban J connectivity index is 1.40. The standard InChI is InChI=1S/C32H30Cl2N2O6/c1-19(2)17-39-31(37)25-13-21(5-9-27(25)33)29-11-7-23(41-29)15-35-36-16-24-8-12-30(42-24)22-6-10-28(34)26(14-22)32(38)40-18-20(3)4/h5-16,19-20H,17-18H2,1-4H3/b35-15+,36-16+. The van der Waals surface area contributed by atoms with E-state index in [9.17, 15) is 9.59 Å². The van der Waals surface area contributed by atoms with Crippen molar-refractivity contribution in [2.75, 3.05) is 13.2 Å². The van der Waals surface area contributed by atoms with Gasteiger partial charge in [0.25, 0.3) is 0 Å². The first-order chi connectivity index (χ1) is 20.1. The van der Waals surface area contributed by atoms with Gasteiger partial charge < -0.3 is 18.3 Å². The summed E-state index contributed by atoms with van der Waals surface area (Å²) in [5, 5.41) is 8.66. The Morgan fingerprint density at radius 1 is 0.690 bits per heavy atom. The second-order valence-corrected chi connectivity index (χ2v) is 11.1. The molecule has 2 aromatic carbocycles. The van der Waals surface area contributed by atoms with Crippen molar-refractivity contribution in [3.05, 3.63) is 93.4 Å². The predicted molar refractivity (Wildman–Crippen MR) is 164 cm³/mol. The first-order valence-corrected chi connectivity index (χ1v) is 14.1. The molecule has 0 N–H and O–H groups in total. The molecule has 42 heavy (non-hydrogen) atoms. The molecule has 4 aromatic rings. The summed E-state index contributed by atoms with van der Waals surface area (Å²) in [4.78, 5) is 24.9. The van der Waals surface area contributed by atoms with E-state index in [0.717, 1.165) is 0 Å². The third-order valence-electron chi connectivity index (χ3n) is 5.73. The molecule has 10 heteroatoms. The number of halogens is 2. The van der Waals surface area contributed by atoms with Gasteiger partial charge in [-0.3, -0.25) is 0 Å². The molecular formula is C32H30Cl2N2O6. The molecule has 0 saturated carbocycles. The number of nitrogens with zero attached hydrogens (tertiary/aromatic N) is 2. The lowest BCUT2D eigenvalue weighted by Gasteiger charge is -2.09. The van der Waals surface area contributed by atoms with Crippen LogP contribution in [0.2, 0.25) is 10.0 Å². The summed E-state index contributed by atoms with van der Waals surface area (Å²) in [5.41, 5.74) is 1.87. The lowest BCUT2D eigenvalue weighted by molar-refractivity contribution is 0.0451. The van der Waals surface area contributed by atoms with E-state index in [-0.39, 0.29) is 23.0 Å². The van der Waals surface area contributed by atoms with Crippen LogP contribution in [-0.4, -0.2) is 37.6 Å². The van der Waals surface area contributed by atoms with Crippen LogP contribution in [0, 0.1) is 11.8 Å². The van der Waals surface area contributed by atoms with Crippen molar-refractivity contribution in [2.45, 2.75) is 27.7 Å². The van der Waals surface area contributed by atoms with E-state index >= 15 is 0 Å². The van der Waals surface area contributed by atoms with E-state index in [1.54, 1.807) is 60.7 Å². The highest BCUT2D eigenvalue weighted by Crippen LogP contribution is 2.29. The minimum atomic E-state index is -0.486. The summed E-state index contributed by atoms with van der Waals surface area (Å²) in [7, 11) is 0. The lowest BCUT2D eigenvalue weighted by Crippen LogP contribution is -2.10. The van der Waals surface area contributed by atoms with Gasteiger partial charge in [0, 0.05) is 11.1 Å². The highest BCUT2D eigenvalue weighted by molar-refractivity contribution is 6.34. The number of furan rings is 2. The zero-order chi connectivity index (χ0) is 30.2. The Morgan fingerprint density at radius 2 is 1.10 bits per heavy atom. The number of carbonyl (C=O) groups is 2. The van der Waals surface area contributed by atoms with Gasteiger partial charge in [-0.05, 0) is 72.5 Å². The normalized spacial score (nSPS) is 11.7. The van der Waals surface area contributed by atoms with Crippen LogP contribution in [0.3, 0.4) is 0 Å². The number of carbonyl (C=O) groups excluding carboxylic acids is 2. The van der Waals surface area contributed by atoms with Crippen LogP contribution in [0.5, 0.6) is 0 Å². The van der Waals surface area contributed by atoms with Gasteiger partial charge in [-0.1, -0.05) is 50.9 Å². The van der Waals surface area contributed by atoms with E-state index in [2.05, 4.69) is 10.2 Å². The molecule has 0 saturated heterocycles. The summed E-state index contributed by atoms with van der Waals surface area (Å²) >= 11 is 12.4. The van der Waals surface area contributed by atoms with Gasteiger partial charge >= 0.3 is 11.9 Å². The third-order valence-corrected chi connectivity index (χ3v) is 6.39. The van der Waals surface area contributed by atoms with E-state index in [1.165, 1.54) is 12.4 Å². The predicted octanol–water partition coefficient (Wildman–Crippen LogP) is 8.59. The van der Waals surface area contributed by atoms with Crippen LogP contribution in [0.25, 0.3) is 22.6 Å². The van der Waals surface area contributed by atoms with Crippen molar-refractivity contribution in [1.29, 1.82) is 0 Å². The molecule has 0 atom stereocenters. The molecule has 0 fully saturated rings. The minimum absolute atomic E-state index is 0.212. The van der Waals surface area contributed by atoms with Crippen LogP contribution in [0.4, 0.5) is 0 Å². The smallest absolute Gasteiger partial charge is 0.339 e. The summed E-state index contributed by atoms with van der Waals surface area (Å²) in [6.45, 7) is 8.44. The topological polar surface area (TPSA) is 104 Å². The van der Waals surface area contributed by atoms with E-state index < -0.39 is 11.9 Å². The second kappa shape index (κ2) is 14.2. The van der Waals surface area contributed by atoms with Crippen LogP contribution in [0.15, 0.2) is 79.7 Å². The fraction of sp³-hybridized carbons (Fsp3) is 0.250. The average molecular weight is 610 g/mol. The molecule has 0 radical (unpaired) electrons. The summed E-state index contributed by atoms with van der Waals surface area (Å²) in [6, 6.07) is 17.0. The Kier molecular flexibility index (Phi) is 10.4. The Morgan fingerprint density at radius 3 is 1.48 bits per heavy atom. The van der Waals surface area contributed by atoms with E-state index in [1.807, 2.05) is 27.7 Å². The quantitative estimate of drug-likeness (QED) is 0.0959. The van der Waals surface area contributed by atoms with Gasteiger partial charge in [-0.2, -0.15) is 10.2 Å². The van der Waals surface area contributed by atoms with Crippen molar-refractivity contribution in [1.82, 2.24) is 0 Å². The Bertz CT molecular complexity index is 1500. The van der Waals surface area contributed by atoms with Crippen molar-refractivity contribution < 1.29 is 27.9 Å². The number of benzene rings is 2. The maximum Gasteiger partial charge on any atom is 0.339 e. The summed E-state index contributed by atoms with van der Waals surface area (Å²) in [6.07, 6.45) is 2.90. The molecule has 0 aliphatic heterocycles. The first kappa shape index (κ1) is 30.8. The van der Waals surface area contributed by atoms with Gasteiger partial charge in [0.1, 0.15) is 23.0 Å². The zero-order valence-electron chi connectivity index (χ0n) is 23.6. The van der Waals surface area contributed by atoms with Crippen LogP contribution < -0.4 is 0 Å². The number of hydrogen-bond donors (Lipinski definition) is 0. The maximum absolute atomic E-state index is 12.4. The van der Waals surface area contributed by atoms with Gasteiger partial charge in [0.2, 0.25) is 0 Å². The van der Waals surface area contributed by atoms with Gasteiger partial charge in [-0.15, -0.1) is 0 Å². The van der Waals surface area contributed by atoms with Crippen molar-refractivity contribution in [3.63, 3.8) is 0 Å². The highest BCUT2D eigenvalue weighted by Gasteiger charge is 2.17. The number of ether oxygens (including phenoxy) is 2. The first-order valence-electron chi connectivity index (χ1n) is 13.3. The van der Waals surface area contributed by atoms with E-state index in [4.69, 9.17) is 41.5 Å². The van der Waals surface area contributed by atoms with Crippen LogP contribution in [0.1, 0.15) is 59.9 Å². The van der Waals surface area contributed by atoms with Gasteiger partial charge in [0.15, 0.2) is 0 Å². The van der Waals surface area contributed by atoms with Crippen molar-refractivity contribution >= 4 is 47.6 Å². The largest absolute Gasteiger partial charge is 0.462 e. The zero-order valence-corrected chi connectivity index (χ0v) is 25.1. The third kappa shape index (κ3) is 8.21. The average Bonchev–Trinajstić information content (AvgIpc) is 3.63. The minimum Gasteiger partial charge on any atom is -0.462 e. The molecule has 4 rings (SSSR count). The molecule has 0 spiro atoms. The van der Waals surface area contributed by atoms with E-state index in [0.29, 0.717) is 57.4 Å². The molecule has 0 unspecified atom stereocenters. The fourth-order valence-corrected chi connectivity index (χ4v) is 4.03. The molecule has 2 aromatic heterocycles. The maximum atomic E-state index is 12.4. The molecule has 218 valence electrons. The molecule has 0 amide bonds. The molecule has 0 bridgehead atoms. The van der Waals surface area contributed by atoms with Crippen LogP contribution >= 0.6 is 23.2 Å². The highest BCUT2D eigenvalue weighted by atomic mass is 35.5. The molecule has 2 heterocycles. The Labute approximate surface area is 253 Å². The van der Waals surface area contributed by atoms with Gasteiger partial charge in [0.05, 0.1) is 46.8 Å². The SMILES string of the molecule is CC(C)COC(=O)c1cc(-c2ccc(/C=N/N=C/c3ccc(-c4ccc(Cl)c(C(=O)OCC(C)C)c4)o3)o2)ccc1Cl. The molecule has 0 aliphatic rings. The summed E-state index contributed by atoms with van der Waals surface area (Å²) in [5.74, 6) is 1.42. The van der Waals surface area contributed by atoms with Crippen LogP contribution in [-0.2, 0) is 9.47 Å². The molecule has 0 aliphatic carbocycles. The number of rotatable bonds is 11. The molecular weight excluding hydrogens is 579 g/mol. The van der Waals surface area contributed by atoms with Crippen molar-refractivity contribution in [3.8, 4) is 22.6 Å². The monoisotopic (exact) mass is 608 g/mol. The number of hydrogen-bond acceptors (Lipinski definition) is 8. The Hall–Kier alpha value is -4.14. The lowest BCUT2D eigenvalue weighted by atomic mass is 10.1. The van der Waals surface area contributed by atoms with Crippen molar-refractivity contribution in [2.24, 2.45) is 22.0 Å². The second-order valence-electron chi connectivity index (χ2n) is 10.3. The fourth-order valence-electron chi connectivity index (χ4n) is 3.65.